The van der Waals surface area contributed by atoms with Crippen LogP contribution in [0.4, 0.5) is 9.93 Å². The quantitative estimate of drug-likeness (QED) is 0.699. The Balaban J connectivity index is 1.42. The number of piperidine rings is 2. The number of hydrogen-bond donors (Lipinski definition) is 2. The number of aromatic nitrogens is 1. The zero-order valence-corrected chi connectivity index (χ0v) is 20.3. The lowest BCUT2D eigenvalue weighted by molar-refractivity contribution is -0.121. The van der Waals surface area contributed by atoms with Crippen LogP contribution in [-0.4, -0.2) is 73.0 Å². The molecule has 31 heavy (non-hydrogen) atoms. The molecule has 11 heteroatoms. The molecular formula is C20H33N5O4S2. The highest BCUT2D eigenvalue weighted by Gasteiger charge is 2.31. The summed E-state index contributed by atoms with van der Waals surface area (Å²) in [5.74, 6) is -0.174. The van der Waals surface area contributed by atoms with Crippen LogP contribution in [0.1, 0.15) is 52.1 Å². The number of amides is 3. The second-order valence-electron chi connectivity index (χ2n) is 9.42. The van der Waals surface area contributed by atoms with Gasteiger partial charge in [0.05, 0.1) is 11.9 Å². The summed E-state index contributed by atoms with van der Waals surface area (Å²) < 4.78 is 24.7. The minimum Gasteiger partial charge on any atom is -0.335 e. The number of urea groups is 1. The van der Waals surface area contributed by atoms with Gasteiger partial charge in [-0.3, -0.25) is 4.79 Å². The van der Waals surface area contributed by atoms with Gasteiger partial charge in [0.1, 0.15) is 0 Å². The third-order valence-corrected chi connectivity index (χ3v) is 7.97. The second kappa shape index (κ2) is 9.41. The van der Waals surface area contributed by atoms with E-state index in [2.05, 4.69) is 36.4 Å². The summed E-state index contributed by atoms with van der Waals surface area (Å²) in [7, 11) is -3.17. The predicted molar refractivity (Wildman–Crippen MR) is 122 cm³/mol. The molecule has 0 radical (unpaired) electrons. The fraction of sp³-hybridized carbons (Fsp3) is 0.750. The van der Waals surface area contributed by atoms with Crippen LogP contribution in [0.5, 0.6) is 0 Å². The molecular weight excluding hydrogens is 438 g/mol. The van der Waals surface area contributed by atoms with Crippen molar-refractivity contribution in [2.75, 3.05) is 37.8 Å². The summed E-state index contributed by atoms with van der Waals surface area (Å²) in [6.45, 7) is 8.17. The summed E-state index contributed by atoms with van der Waals surface area (Å²) in [5, 5.41) is 8.54. The highest BCUT2D eigenvalue weighted by atomic mass is 32.2. The smallest absolute Gasteiger partial charge is 0.317 e. The largest absolute Gasteiger partial charge is 0.335 e. The molecule has 174 valence electrons. The number of rotatable bonds is 4. The van der Waals surface area contributed by atoms with Gasteiger partial charge in [0, 0.05) is 48.9 Å². The van der Waals surface area contributed by atoms with E-state index in [9.17, 15) is 18.0 Å². The number of nitrogens with one attached hydrogen (secondary N) is 2. The maximum Gasteiger partial charge on any atom is 0.317 e. The van der Waals surface area contributed by atoms with E-state index in [1.54, 1.807) is 4.90 Å². The third kappa shape index (κ3) is 6.39. The first kappa shape index (κ1) is 23.9. The van der Waals surface area contributed by atoms with Crippen molar-refractivity contribution in [1.82, 2.24) is 19.5 Å². The van der Waals surface area contributed by atoms with Crippen LogP contribution in [-0.2, 0) is 20.2 Å². The van der Waals surface area contributed by atoms with E-state index in [4.69, 9.17) is 0 Å². The molecule has 2 aliphatic rings. The molecule has 0 aromatic carbocycles. The maximum atomic E-state index is 12.6. The van der Waals surface area contributed by atoms with Crippen LogP contribution in [0, 0.1) is 5.92 Å². The summed E-state index contributed by atoms with van der Waals surface area (Å²) in [4.78, 5) is 31.5. The standard InChI is InChI=1S/C20H33N5O4S2/c1-20(2,3)16-13-30-18(22-16)23-17(26)14-5-9-24(10-6-14)19(27)21-15-7-11-25(12-8-15)31(4,28)29/h13-15H,5-12H2,1-4H3,(H,21,27)(H,22,23,26). The zero-order valence-electron chi connectivity index (χ0n) is 18.7. The summed E-state index contributed by atoms with van der Waals surface area (Å²) in [6, 6.07) is -0.153. The van der Waals surface area contributed by atoms with Crippen LogP contribution in [0.2, 0.25) is 0 Å². The minimum atomic E-state index is -3.17. The Labute approximate surface area is 188 Å². The zero-order chi connectivity index (χ0) is 22.8. The monoisotopic (exact) mass is 471 g/mol. The Bertz CT molecular complexity index is 893. The molecule has 2 N–H and O–H groups in total. The highest BCUT2D eigenvalue weighted by molar-refractivity contribution is 7.88. The fourth-order valence-electron chi connectivity index (χ4n) is 3.83. The summed E-state index contributed by atoms with van der Waals surface area (Å²) in [5.41, 5.74) is 0.904. The molecule has 2 aliphatic heterocycles. The van der Waals surface area contributed by atoms with Crippen molar-refractivity contribution in [1.29, 1.82) is 0 Å². The molecule has 0 spiro atoms. The number of nitrogens with zero attached hydrogens (tertiary/aromatic N) is 3. The number of hydrogen-bond acceptors (Lipinski definition) is 6. The van der Waals surface area contributed by atoms with Crippen LogP contribution >= 0.6 is 11.3 Å². The molecule has 1 aromatic heterocycles. The van der Waals surface area contributed by atoms with E-state index in [1.807, 2.05) is 5.38 Å². The van der Waals surface area contributed by atoms with Gasteiger partial charge < -0.3 is 15.5 Å². The Morgan fingerprint density at radius 3 is 2.23 bits per heavy atom. The Morgan fingerprint density at radius 1 is 1.10 bits per heavy atom. The summed E-state index contributed by atoms with van der Waals surface area (Å²) in [6.07, 6.45) is 3.67. The first-order valence-electron chi connectivity index (χ1n) is 10.7. The van der Waals surface area contributed by atoms with E-state index >= 15 is 0 Å². The number of carbonyl (C=O) groups excluding carboxylic acids is 2. The molecule has 0 saturated carbocycles. The minimum absolute atomic E-state index is 0.0200. The van der Waals surface area contributed by atoms with Gasteiger partial charge >= 0.3 is 6.03 Å². The molecule has 2 fully saturated rings. The molecule has 3 heterocycles. The second-order valence-corrected chi connectivity index (χ2v) is 12.3. The molecule has 2 saturated heterocycles. The van der Waals surface area contributed by atoms with Crippen molar-refractivity contribution >= 4 is 38.4 Å². The van der Waals surface area contributed by atoms with Gasteiger partial charge in [-0.2, -0.15) is 0 Å². The molecule has 1 aromatic rings. The van der Waals surface area contributed by atoms with E-state index < -0.39 is 10.0 Å². The van der Waals surface area contributed by atoms with Crippen LogP contribution in [0.3, 0.4) is 0 Å². The van der Waals surface area contributed by atoms with Gasteiger partial charge in [0.15, 0.2) is 5.13 Å². The highest BCUT2D eigenvalue weighted by Crippen LogP contribution is 2.27. The lowest BCUT2D eigenvalue weighted by Gasteiger charge is -2.35. The molecule has 0 unspecified atom stereocenters. The number of sulfonamides is 1. The molecule has 0 atom stereocenters. The SMILES string of the molecule is CC(C)(C)c1csc(NC(=O)C2CCN(C(=O)NC3CCN(S(C)(=O)=O)CC3)CC2)n1. The van der Waals surface area contributed by atoms with Crippen molar-refractivity contribution in [3.63, 3.8) is 0 Å². The number of anilines is 1. The normalized spacial score (nSPS) is 19.9. The van der Waals surface area contributed by atoms with Gasteiger partial charge in [-0.1, -0.05) is 20.8 Å². The lowest BCUT2D eigenvalue weighted by atomic mass is 9.93. The van der Waals surface area contributed by atoms with Gasteiger partial charge in [-0.05, 0) is 25.7 Å². The van der Waals surface area contributed by atoms with Gasteiger partial charge in [0.25, 0.3) is 0 Å². The van der Waals surface area contributed by atoms with E-state index in [1.165, 1.54) is 21.9 Å². The van der Waals surface area contributed by atoms with E-state index in [0.717, 1.165) is 5.69 Å². The average molecular weight is 472 g/mol. The molecule has 3 rings (SSSR count). The average Bonchev–Trinajstić information content (AvgIpc) is 3.17. The Hall–Kier alpha value is -1.72. The maximum absolute atomic E-state index is 12.6. The van der Waals surface area contributed by atoms with Gasteiger partial charge in [-0.25, -0.2) is 22.5 Å². The molecule has 3 amide bonds. The number of thiazole rings is 1. The lowest BCUT2D eigenvalue weighted by Crippen LogP contribution is -2.52. The first-order valence-corrected chi connectivity index (χ1v) is 13.4. The molecule has 0 aliphatic carbocycles. The van der Waals surface area contributed by atoms with Crippen molar-refractivity contribution in [3.05, 3.63) is 11.1 Å². The van der Waals surface area contributed by atoms with E-state index in [0.29, 0.717) is 57.0 Å². The number of likely N-dealkylation sites (tertiary alicyclic amines) is 1. The fourth-order valence-corrected chi connectivity index (χ4v) is 5.64. The van der Waals surface area contributed by atoms with Crippen molar-refractivity contribution < 1.29 is 18.0 Å². The van der Waals surface area contributed by atoms with Crippen molar-refractivity contribution in [2.24, 2.45) is 5.92 Å². The number of carbonyl (C=O) groups is 2. The van der Waals surface area contributed by atoms with E-state index in [-0.39, 0.29) is 29.3 Å². The topological polar surface area (TPSA) is 112 Å². The molecule has 0 bridgehead atoms. The van der Waals surface area contributed by atoms with Crippen molar-refractivity contribution in [2.45, 2.75) is 57.9 Å². The Morgan fingerprint density at radius 2 is 1.71 bits per heavy atom. The van der Waals surface area contributed by atoms with Crippen LogP contribution in [0.15, 0.2) is 5.38 Å². The van der Waals surface area contributed by atoms with Gasteiger partial charge in [-0.15, -0.1) is 11.3 Å². The first-order chi connectivity index (χ1) is 14.4. The van der Waals surface area contributed by atoms with Crippen LogP contribution in [0.25, 0.3) is 0 Å². The predicted octanol–water partition coefficient (Wildman–Crippen LogP) is 2.22. The Kier molecular flexibility index (Phi) is 7.27. The third-order valence-electron chi connectivity index (χ3n) is 5.91. The van der Waals surface area contributed by atoms with Crippen molar-refractivity contribution in [3.8, 4) is 0 Å². The molecule has 9 nitrogen and oxygen atoms in total. The van der Waals surface area contributed by atoms with Crippen LogP contribution < -0.4 is 10.6 Å². The van der Waals surface area contributed by atoms with Gasteiger partial charge in [0.2, 0.25) is 15.9 Å². The summed E-state index contributed by atoms with van der Waals surface area (Å²) >= 11 is 1.44.